The third-order valence-corrected chi connectivity index (χ3v) is 4.71. The first kappa shape index (κ1) is 22.6. The molecule has 0 saturated carbocycles. The first-order chi connectivity index (χ1) is 13.6. The highest BCUT2D eigenvalue weighted by molar-refractivity contribution is 6.03. The van der Waals surface area contributed by atoms with E-state index in [-0.39, 0.29) is 43.4 Å². The second-order valence-corrected chi connectivity index (χ2v) is 6.60. The number of ether oxygens (including phenoxy) is 2. The highest BCUT2D eigenvalue weighted by Gasteiger charge is 2.22. The van der Waals surface area contributed by atoms with Gasteiger partial charge in [0.25, 0.3) is 5.91 Å². The Labute approximate surface area is 175 Å². The van der Waals surface area contributed by atoms with E-state index in [9.17, 15) is 9.59 Å². The van der Waals surface area contributed by atoms with Gasteiger partial charge in [0.1, 0.15) is 5.75 Å². The summed E-state index contributed by atoms with van der Waals surface area (Å²) in [6.07, 6.45) is 2.13. The van der Waals surface area contributed by atoms with Gasteiger partial charge >= 0.3 is 5.97 Å². The summed E-state index contributed by atoms with van der Waals surface area (Å²) in [6.45, 7) is 3.99. The molecule has 0 atom stereocenters. The number of hydrogen-bond donors (Lipinski definition) is 2. The van der Waals surface area contributed by atoms with Gasteiger partial charge in [0, 0.05) is 5.69 Å². The number of hydrogen-bond acceptors (Lipinski definition) is 7. The van der Waals surface area contributed by atoms with Crippen LogP contribution in [-0.2, 0) is 9.53 Å². The number of aromatic nitrogens is 3. The van der Waals surface area contributed by atoms with Gasteiger partial charge in [0.15, 0.2) is 5.69 Å². The SMILES string of the molecule is COC(=O)CCOc1ccc(NC(=O)c2nnn(C3CCNCC3)c2C)cc1.Cl. The number of nitrogens with zero attached hydrogens (tertiary/aromatic N) is 3. The molecule has 9 nitrogen and oxygen atoms in total. The molecule has 10 heteroatoms. The maximum Gasteiger partial charge on any atom is 0.308 e. The number of esters is 1. The Bertz CT molecular complexity index is 819. The average Bonchev–Trinajstić information content (AvgIpc) is 3.11. The molecule has 1 fully saturated rings. The van der Waals surface area contributed by atoms with E-state index in [4.69, 9.17) is 4.74 Å². The van der Waals surface area contributed by atoms with Crippen molar-refractivity contribution in [3.8, 4) is 5.75 Å². The Morgan fingerprint density at radius 1 is 1.24 bits per heavy atom. The third kappa shape index (κ3) is 5.91. The molecular weight excluding hydrogens is 398 g/mol. The summed E-state index contributed by atoms with van der Waals surface area (Å²) in [4.78, 5) is 23.7. The first-order valence-electron chi connectivity index (χ1n) is 9.32. The molecule has 1 aliphatic rings. The van der Waals surface area contributed by atoms with E-state index in [1.165, 1.54) is 7.11 Å². The van der Waals surface area contributed by atoms with Crippen LogP contribution in [0.1, 0.15) is 41.5 Å². The van der Waals surface area contributed by atoms with Crippen molar-refractivity contribution in [3.63, 3.8) is 0 Å². The maximum atomic E-state index is 12.6. The predicted octanol–water partition coefficient (Wildman–Crippen LogP) is 2.13. The molecule has 29 heavy (non-hydrogen) atoms. The van der Waals surface area contributed by atoms with Crippen molar-refractivity contribution >= 4 is 30.0 Å². The second-order valence-electron chi connectivity index (χ2n) is 6.60. The van der Waals surface area contributed by atoms with E-state index in [2.05, 4.69) is 25.7 Å². The van der Waals surface area contributed by atoms with Crippen molar-refractivity contribution in [2.45, 2.75) is 32.2 Å². The summed E-state index contributed by atoms with van der Waals surface area (Å²) >= 11 is 0. The topological polar surface area (TPSA) is 107 Å². The minimum Gasteiger partial charge on any atom is -0.493 e. The van der Waals surface area contributed by atoms with Crippen LogP contribution in [0.5, 0.6) is 5.75 Å². The van der Waals surface area contributed by atoms with Gasteiger partial charge in [-0.05, 0) is 57.1 Å². The van der Waals surface area contributed by atoms with Crippen LogP contribution in [0.4, 0.5) is 5.69 Å². The summed E-state index contributed by atoms with van der Waals surface area (Å²) < 4.78 is 11.9. The van der Waals surface area contributed by atoms with Crippen LogP contribution in [0.25, 0.3) is 0 Å². The molecule has 0 unspecified atom stereocenters. The van der Waals surface area contributed by atoms with Gasteiger partial charge in [-0.15, -0.1) is 17.5 Å². The average molecular weight is 424 g/mol. The fourth-order valence-corrected chi connectivity index (χ4v) is 3.13. The lowest BCUT2D eigenvalue weighted by atomic mass is 10.1. The summed E-state index contributed by atoms with van der Waals surface area (Å²) in [7, 11) is 1.34. The molecule has 1 aliphatic heterocycles. The minimum absolute atomic E-state index is 0. The number of piperidine rings is 1. The standard InChI is InChI=1S/C19H25N5O4.ClH/c1-13-18(22-23-24(13)15-7-10-20-11-8-15)19(26)21-14-3-5-16(6-4-14)28-12-9-17(25)27-2;/h3-6,15,20H,7-12H2,1-2H3,(H,21,26);1H. The molecule has 1 aromatic heterocycles. The molecule has 1 aromatic carbocycles. The highest BCUT2D eigenvalue weighted by atomic mass is 35.5. The number of anilines is 1. The van der Waals surface area contributed by atoms with Crippen LogP contribution in [-0.4, -0.2) is 53.7 Å². The number of amides is 1. The summed E-state index contributed by atoms with van der Waals surface area (Å²) in [5.41, 5.74) is 1.73. The van der Waals surface area contributed by atoms with E-state index in [0.29, 0.717) is 17.1 Å². The summed E-state index contributed by atoms with van der Waals surface area (Å²) in [6, 6.07) is 7.20. The zero-order valence-electron chi connectivity index (χ0n) is 16.5. The van der Waals surface area contributed by atoms with Crippen LogP contribution < -0.4 is 15.4 Å². The smallest absolute Gasteiger partial charge is 0.308 e. The quantitative estimate of drug-likeness (QED) is 0.657. The van der Waals surface area contributed by atoms with Gasteiger partial charge in [-0.3, -0.25) is 9.59 Å². The number of carbonyl (C=O) groups excluding carboxylic acids is 2. The van der Waals surface area contributed by atoms with E-state index in [1.807, 2.05) is 11.6 Å². The Kier molecular flexibility index (Phi) is 8.41. The molecule has 0 radical (unpaired) electrons. The molecule has 1 saturated heterocycles. The number of methoxy groups -OCH3 is 1. The Morgan fingerprint density at radius 3 is 2.59 bits per heavy atom. The minimum atomic E-state index is -0.322. The normalized spacial score (nSPS) is 14.0. The molecule has 1 amide bonds. The zero-order valence-corrected chi connectivity index (χ0v) is 17.3. The lowest BCUT2D eigenvalue weighted by Crippen LogP contribution is -2.30. The first-order valence-corrected chi connectivity index (χ1v) is 9.32. The van der Waals surface area contributed by atoms with E-state index >= 15 is 0 Å². The molecule has 0 spiro atoms. The molecule has 158 valence electrons. The van der Waals surface area contributed by atoms with Gasteiger partial charge in [0.05, 0.1) is 31.9 Å². The Morgan fingerprint density at radius 2 is 1.93 bits per heavy atom. The van der Waals surface area contributed by atoms with Gasteiger partial charge in [-0.2, -0.15) is 0 Å². The van der Waals surface area contributed by atoms with Gasteiger partial charge < -0.3 is 20.1 Å². The van der Waals surface area contributed by atoms with Crippen LogP contribution >= 0.6 is 12.4 Å². The number of halogens is 1. The molecule has 2 N–H and O–H groups in total. The van der Waals surface area contributed by atoms with Crippen molar-refractivity contribution in [2.24, 2.45) is 0 Å². The Balaban J connectivity index is 0.00000300. The zero-order chi connectivity index (χ0) is 19.9. The fourth-order valence-electron chi connectivity index (χ4n) is 3.13. The van der Waals surface area contributed by atoms with Crippen molar-refractivity contribution < 1.29 is 19.1 Å². The van der Waals surface area contributed by atoms with Crippen LogP contribution in [0, 0.1) is 6.92 Å². The van der Waals surface area contributed by atoms with Crippen molar-refractivity contribution in [1.29, 1.82) is 0 Å². The van der Waals surface area contributed by atoms with E-state index < -0.39 is 0 Å². The molecule has 2 aromatic rings. The van der Waals surface area contributed by atoms with Gasteiger partial charge in [-0.1, -0.05) is 5.21 Å². The van der Waals surface area contributed by atoms with Gasteiger partial charge in [0.2, 0.25) is 0 Å². The molecule has 3 rings (SSSR count). The Hall–Kier alpha value is -2.65. The van der Waals surface area contributed by atoms with Crippen molar-refractivity contribution in [3.05, 3.63) is 35.7 Å². The number of rotatable bonds is 7. The van der Waals surface area contributed by atoms with Crippen molar-refractivity contribution in [2.75, 3.05) is 32.1 Å². The molecular formula is C19H26ClN5O4. The largest absolute Gasteiger partial charge is 0.493 e. The molecule has 2 heterocycles. The van der Waals surface area contributed by atoms with Crippen LogP contribution in [0.15, 0.2) is 24.3 Å². The van der Waals surface area contributed by atoms with E-state index in [1.54, 1.807) is 24.3 Å². The molecule has 0 bridgehead atoms. The predicted molar refractivity (Wildman–Crippen MR) is 110 cm³/mol. The van der Waals surface area contributed by atoms with Gasteiger partial charge in [-0.25, -0.2) is 4.68 Å². The van der Waals surface area contributed by atoms with Crippen LogP contribution in [0.3, 0.4) is 0 Å². The third-order valence-electron chi connectivity index (χ3n) is 4.71. The fraction of sp³-hybridized carbons (Fsp3) is 0.474. The second kappa shape index (κ2) is 10.8. The van der Waals surface area contributed by atoms with Crippen LogP contribution in [0.2, 0.25) is 0 Å². The maximum absolute atomic E-state index is 12.6. The number of nitrogens with one attached hydrogen (secondary N) is 2. The lowest BCUT2D eigenvalue weighted by Gasteiger charge is -2.23. The van der Waals surface area contributed by atoms with E-state index in [0.717, 1.165) is 31.6 Å². The lowest BCUT2D eigenvalue weighted by molar-refractivity contribution is -0.141. The van der Waals surface area contributed by atoms with Crippen molar-refractivity contribution in [1.82, 2.24) is 20.3 Å². The molecule has 0 aliphatic carbocycles. The highest BCUT2D eigenvalue weighted by Crippen LogP contribution is 2.21. The monoisotopic (exact) mass is 423 g/mol. The number of benzene rings is 1. The summed E-state index contributed by atoms with van der Waals surface area (Å²) in [5.74, 6) is -0.0104. The summed E-state index contributed by atoms with van der Waals surface area (Å²) in [5, 5.41) is 14.4. The number of carbonyl (C=O) groups is 2.